The van der Waals surface area contributed by atoms with Crippen LogP contribution in [0.5, 0.6) is 0 Å². The first-order valence-electron chi connectivity index (χ1n) is 19.5. The minimum Gasteiger partial charge on any atom is -0.309 e. The first-order valence-corrected chi connectivity index (χ1v) is 21.5. The third kappa shape index (κ3) is 3.48. The van der Waals surface area contributed by atoms with Crippen LogP contribution in [-0.4, -0.2) is 8.07 Å². The highest BCUT2D eigenvalue weighted by Crippen LogP contribution is 2.64. The molecule has 3 heteroatoms. The number of fused-ring (bicyclic) bond motifs is 21. The Kier molecular flexibility index (Phi) is 5.82. The molecule has 0 fully saturated rings. The first kappa shape index (κ1) is 30.5. The van der Waals surface area contributed by atoms with E-state index >= 15 is 4.39 Å². The molecular formula is C53H32FNSi. The van der Waals surface area contributed by atoms with Crippen LogP contribution >= 0.6 is 0 Å². The van der Waals surface area contributed by atoms with Gasteiger partial charge in [-0.25, -0.2) is 4.39 Å². The Morgan fingerprint density at radius 3 is 1.68 bits per heavy atom. The number of para-hydroxylation sites is 1. The van der Waals surface area contributed by atoms with Gasteiger partial charge in [0.15, 0.2) is 8.07 Å². The van der Waals surface area contributed by atoms with Crippen LogP contribution in [0.4, 0.5) is 21.5 Å². The van der Waals surface area contributed by atoms with Crippen LogP contribution in [0.1, 0.15) is 22.3 Å². The summed E-state index contributed by atoms with van der Waals surface area (Å²) in [5.74, 6) is -0.219. The van der Waals surface area contributed by atoms with Crippen molar-refractivity contribution in [1.82, 2.24) is 0 Å². The van der Waals surface area contributed by atoms with Crippen molar-refractivity contribution in [3.63, 3.8) is 0 Å². The molecule has 0 N–H and O–H groups in total. The van der Waals surface area contributed by atoms with Crippen LogP contribution in [0.15, 0.2) is 194 Å². The lowest BCUT2D eigenvalue weighted by Gasteiger charge is -2.45. The quantitative estimate of drug-likeness (QED) is 0.152. The number of anilines is 3. The van der Waals surface area contributed by atoms with Crippen LogP contribution in [0.25, 0.3) is 44.2 Å². The molecule has 9 aromatic carbocycles. The molecule has 260 valence electrons. The predicted octanol–water partition coefficient (Wildman–Crippen LogP) is 10.5. The molecule has 0 bridgehead atoms. The smallest absolute Gasteiger partial charge is 0.182 e. The minimum absolute atomic E-state index is 0.219. The Hall–Kier alpha value is -6.81. The van der Waals surface area contributed by atoms with Crippen LogP contribution in [0.2, 0.25) is 0 Å². The standard InChI is InChI=1S/C53H32FNSi/c54-34-26-28-38-37-15-3-7-19-43(37)53(46(38)31-34)44-20-8-9-21-47(44)55(52-36-14-2-1-13-33(36)25-30-45(52)53)35-27-29-42-41-18-6-12-24-50(41)56(51(42)32-35)48-22-10-4-16-39(48)40-17-5-11-23-49(40)56/h1-32H. The average molecular weight is 730 g/mol. The number of halogens is 1. The van der Waals surface area contributed by atoms with Gasteiger partial charge >= 0.3 is 0 Å². The average Bonchev–Trinajstić information content (AvgIpc) is 3.84. The maximum Gasteiger partial charge on any atom is 0.182 e. The summed E-state index contributed by atoms with van der Waals surface area (Å²) in [6, 6.07) is 71.0. The van der Waals surface area contributed by atoms with Gasteiger partial charge in [0, 0.05) is 11.1 Å². The molecule has 1 aliphatic carbocycles. The fourth-order valence-corrected chi connectivity index (χ4v) is 17.0. The zero-order valence-electron chi connectivity index (χ0n) is 30.3. The van der Waals surface area contributed by atoms with Gasteiger partial charge in [0.1, 0.15) is 5.82 Å². The SMILES string of the molecule is Fc1ccc2c(c1)C1(c3ccccc3-2)c2ccccc2N(c2ccc3c(c2)[Si]2(c4ccccc4-c4ccccc42)c2ccccc2-3)c2c1ccc1ccccc21. The summed E-state index contributed by atoms with van der Waals surface area (Å²) in [4.78, 5) is 2.52. The summed E-state index contributed by atoms with van der Waals surface area (Å²) in [5, 5.41) is 8.19. The highest BCUT2D eigenvalue weighted by atomic mass is 28.3. The normalized spacial score (nSPS) is 16.8. The molecule has 3 aliphatic heterocycles. The Balaban J connectivity index is 1.16. The largest absolute Gasteiger partial charge is 0.309 e. The molecule has 2 spiro atoms. The molecule has 0 aromatic heterocycles. The fraction of sp³-hybridized carbons (Fsp3) is 0.0189. The molecule has 0 saturated heterocycles. The van der Waals surface area contributed by atoms with Crippen LogP contribution < -0.4 is 25.6 Å². The van der Waals surface area contributed by atoms with Gasteiger partial charge in [-0.3, -0.25) is 0 Å². The maximum absolute atomic E-state index is 15.7. The molecule has 0 amide bonds. The van der Waals surface area contributed by atoms with Crippen molar-refractivity contribution in [2.75, 3.05) is 4.90 Å². The van der Waals surface area contributed by atoms with E-state index < -0.39 is 13.5 Å². The predicted molar refractivity (Wildman–Crippen MR) is 231 cm³/mol. The van der Waals surface area contributed by atoms with Crippen molar-refractivity contribution in [2.45, 2.75) is 5.41 Å². The topological polar surface area (TPSA) is 3.24 Å². The molecule has 13 rings (SSSR count). The third-order valence-corrected chi connectivity index (χ3v) is 18.3. The van der Waals surface area contributed by atoms with E-state index in [1.807, 2.05) is 6.07 Å². The van der Waals surface area contributed by atoms with Gasteiger partial charge in [-0.05, 0) is 112 Å². The van der Waals surface area contributed by atoms with Gasteiger partial charge in [-0.15, -0.1) is 0 Å². The zero-order valence-corrected chi connectivity index (χ0v) is 31.3. The summed E-state index contributed by atoms with van der Waals surface area (Å²) >= 11 is 0. The van der Waals surface area contributed by atoms with E-state index in [9.17, 15) is 0 Å². The zero-order chi connectivity index (χ0) is 36.8. The van der Waals surface area contributed by atoms with E-state index in [4.69, 9.17) is 0 Å². The third-order valence-electron chi connectivity index (χ3n) is 13.3. The molecule has 1 unspecified atom stereocenters. The van der Waals surface area contributed by atoms with Gasteiger partial charge in [-0.1, -0.05) is 164 Å². The van der Waals surface area contributed by atoms with E-state index in [0.717, 1.165) is 39.3 Å². The Labute approximate surface area is 325 Å². The molecule has 0 radical (unpaired) electrons. The molecule has 4 aliphatic rings. The van der Waals surface area contributed by atoms with Crippen molar-refractivity contribution < 1.29 is 4.39 Å². The number of nitrogens with zero attached hydrogens (tertiary/aromatic N) is 1. The maximum atomic E-state index is 15.7. The minimum atomic E-state index is -2.69. The summed E-state index contributed by atoms with van der Waals surface area (Å²) in [6.45, 7) is 0. The number of hydrogen-bond acceptors (Lipinski definition) is 1. The van der Waals surface area contributed by atoms with Gasteiger partial charge in [0.25, 0.3) is 0 Å². The molecule has 9 aromatic rings. The second-order valence-corrected chi connectivity index (χ2v) is 19.3. The van der Waals surface area contributed by atoms with Gasteiger partial charge < -0.3 is 4.90 Å². The highest BCUT2D eigenvalue weighted by molar-refractivity contribution is 7.24. The molecule has 1 atom stereocenters. The van der Waals surface area contributed by atoms with E-state index in [2.05, 4.69) is 181 Å². The van der Waals surface area contributed by atoms with Gasteiger partial charge in [0.2, 0.25) is 0 Å². The van der Waals surface area contributed by atoms with Crippen molar-refractivity contribution in [3.8, 4) is 33.4 Å². The van der Waals surface area contributed by atoms with Crippen LogP contribution in [-0.2, 0) is 5.41 Å². The summed E-state index contributed by atoms with van der Waals surface area (Å²) in [5.41, 5.74) is 14.8. The fourth-order valence-electron chi connectivity index (χ4n) is 11.4. The second-order valence-electron chi connectivity index (χ2n) is 15.6. The monoisotopic (exact) mass is 729 g/mol. The summed E-state index contributed by atoms with van der Waals surface area (Å²) < 4.78 is 15.7. The number of benzene rings is 9. The number of rotatable bonds is 1. The van der Waals surface area contributed by atoms with Crippen LogP contribution in [0, 0.1) is 5.82 Å². The lowest BCUT2D eigenvalue weighted by Crippen LogP contribution is -2.70. The molecule has 3 heterocycles. The molecular weight excluding hydrogens is 698 g/mol. The van der Waals surface area contributed by atoms with Crippen molar-refractivity contribution in [1.29, 1.82) is 0 Å². The molecule has 56 heavy (non-hydrogen) atoms. The van der Waals surface area contributed by atoms with E-state index in [0.29, 0.717) is 0 Å². The number of hydrogen-bond donors (Lipinski definition) is 0. The van der Waals surface area contributed by atoms with Crippen LogP contribution in [0.3, 0.4) is 0 Å². The highest BCUT2D eigenvalue weighted by Gasteiger charge is 2.55. The summed E-state index contributed by atoms with van der Waals surface area (Å²) in [7, 11) is -2.69. The van der Waals surface area contributed by atoms with E-state index in [1.165, 1.54) is 64.9 Å². The summed E-state index contributed by atoms with van der Waals surface area (Å²) in [6.07, 6.45) is 0. The second kappa shape index (κ2) is 10.7. The van der Waals surface area contributed by atoms with Crippen molar-refractivity contribution in [2.24, 2.45) is 0 Å². The van der Waals surface area contributed by atoms with E-state index in [-0.39, 0.29) is 5.82 Å². The van der Waals surface area contributed by atoms with Crippen molar-refractivity contribution in [3.05, 3.63) is 222 Å². The molecule has 0 saturated carbocycles. The lowest BCUT2D eigenvalue weighted by molar-refractivity contribution is 0.621. The van der Waals surface area contributed by atoms with Gasteiger partial charge in [-0.2, -0.15) is 0 Å². The Morgan fingerprint density at radius 1 is 0.393 bits per heavy atom. The Morgan fingerprint density at radius 2 is 0.946 bits per heavy atom. The lowest BCUT2D eigenvalue weighted by atomic mass is 9.64. The Bertz CT molecular complexity index is 3130. The first-order chi connectivity index (χ1) is 27.7. The van der Waals surface area contributed by atoms with E-state index in [1.54, 1.807) is 12.1 Å². The van der Waals surface area contributed by atoms with Crippen molar-refractivity contribution >= 4 is 56.7 Å². The molecule has 1 nitrogen and oxygen atoms in total. The van der Waals surface area contributed by atoms with Gasteiger partial charge in [0.05, 0.1) is 16.8 Å².